The quantitative estimate of drug-likeness (QED) is 0.717. The van der Waals surface area contributed by atoms with E-state index in [0.717, 1.165) is 31.1 Å². The minimum absolute atomic E-state index is 0.165. The predicted octanol–water partition coefficient (Wildman–Crippen LogP) is 2.43. The van der Waals surface area contributed by atoms with E-state index < -0.39 is 0 Å². The molecule has 0 heterocycles. The zero-order chi connectivity index (χ0) is 15.0. The molecule has 20 heavy (non-hydrogen) atoms. The van der Waals surface area contributed by atoms with Crippen molar-refractivity contribution >= 4 is 5.69 Å². The Morgan fingerprint density at radius 3 is 2.55 bits per heavy atom. The maximum Gasteiger partial charge on any atom is 0.121 e. The van der Waals surface area contributed by atoms with Gasteiger partial charge in [0.15, 0.2) is 0 Å². The van der Waals surface area contributed by atoms with Gasteiger partial charge in [0.1, 0.15) is 12.4 Å². The van der Waals surface area contributed by atoms with Crippen LogP contribution >= 0.6 is 0 Å². The lowest BCUT2D eigenvalue weighted by molar-refractivity contribution is 0.261. The molecule has 1 rings (SSSR count). The van der Waals surface area contributed by atoms with Gasteiger partial charge in [-0.1, -0.05) is 6.07 Å². The Bertz CT molecular complexity index is 386. The van der Waals surface area contributed by atoms with Crippen LogP contribution in [0.3, 0.4) is 0 Å². The van der Waals surface area contributed by atoms with Gasteiger partial charge in [-0.05, 0) is 47.0 Å². The molecule has 0 saturated heterocycles. The van der Waals surface area contributed by atoms with Crippen molar-refractivity contribution in [2.24, 2.45) is 0 Å². The van der Waals surface area contributed by atoms with Crippen LogP contribution in [-0.4, -0.2) is 50.8 Å². The molecule has 0 bridgehead atoms. The molecule has 0 aliphatic rings. The van der Waals surface area contributed by atoms with Crippen LogP contribution in [-0.2, 0) is 0 Å². The maximum atomic E-state index is 5.72. The Labute approximate surface area is 123 Å². The van der Waals surface area contributed by atoms with Crippen LogP contribution < -0.4 is 15.4 Å². The summed E-state index contributed by atoms with van der Waals surface area (Å²) in [5.41, 5.74) is 1.27. The fourth-order valence-electron chi connectivity index (χ4n) is 1.69. The number of likely N-dealkylation sites (N-methyl/N-ethyl adjacent to an activating group) is 1. The molecule has 4 heteroatoms. The number of ether oxygens (including phenoxy) is 1. The molecule has 0 spiro atoms. The van der Waals surface area contributed by atoms with Gasteiger partial charge in [-0.15, -0.1) is 0 Å². The zero-order valence-corrected chi connectivity index (χ0v) is 13.5. The lowest BCUT2D eigenvalue weighted by Gasteiger charge is -2.20. The van der Waals surface area contributed by atoms with E-state index in [1.165, 1.54) is 0 Å². The van der Waals surface area contributed by atoms with Crippen molar-refractivity contribution in [1.29, 1.82) is 0 Å². The molecular formula is C16H29N3O. The molecule has 4 nitrogen and oxygen atoms in total. The molecule has 114 valence electrons. The molecule has 0 atom stereocenters. The van der Waals surface area contributed by atoms with Crippen molar-refractivity contribution in [1.82, 2.24) is 10.2 Å². The Balaban J connectivity index is 2.32. The highest BCUT2D eigenvalue weighted by molar-refractivity contribution is 5.48. The third kappa shape index (κ3) is 8.02. The van der Waals surface area contributed by atoms with E-state index in [9.17, 15) is 0 Å². The standard InChI is InChI=1S/C16H29N3O/c1-16(2,3)18-10-9-17-14-7-6-8-15(13-14)20-12-11-19(4)5/h6-8,13,17-18H,9-12H2,1-5H3. The molecule has 0 aliphatic carbocycles. The molecule has 0 aliphatic heterocycles. The molecule has 0 radical (unpaired) electrons. The first kappa shape index (κ1) is 16.8. The normalized spacial score (nSPS) is 11.7. The van der Waals surface area contributed by atoms with Crippen LogP contribution in [0.1, 0.15) is 20.8 Å². The van der Waals surface area contributed by atoms with E-state index in [0.29, 0.717) is 6.61 Å². The van der Waals surface area contributed by atoms with Crippen LogP contribution in [0.25, 0.3) is 0 Å². The second kappa shape index (κ2) is 8.12. The number of hydrogen-bond acceptors (Lipinski definition) is 4. The third-order valence-electron chi connectivity index (χ3n) is 2.75. The van der Waals surface area contributed by atoms with Gasteiger partial charge in [0.2, 0.25) is 0 Å². The summed E-state index contributed by atoms with van der Waals surface area (Å²) in [6.07, 6.45) is 0. The van der Waals surface area contributed by atoms with Gasteiger partial charge >= 0.3 is 0 Å². The average Bonchev–Trinajstić information content (AvgIpc) is 2.34. The fourth-order valence-corrected chi connectivity index (χ4v) is 1.69. The van der Waals surface area contributed by atoms with Crippen molar-refractivity contribution in [3.8, 4) is 5.75 Å². The fraction of sp³-hybridized carbons (Fsp3) is 0.625. The average molecular weight is 279 g/mol. The topological polar surface area (TPSA) is 36.5 Å². The number of nitrogens with one attached hydrogen (secondary N) is 2. The molecular weight excluding hydrogens is 250 g/mol. The molecule has 1 aromatic rings. The molecule has 0 saturated carbocycles. The summed E-state index contributed by atoms with van der Waals surface area (Å²) in [6.45, 7) is 9.99. The summed E-state index contributed by atoms with van der Waals surface area (Å²) in [6, 6.07) is 8.13. The molecule has 0 fully saturated rings. The van der Waals surface area contributed by atoms with Crippen molar-refractivity contribution < 1.29 is 4.74 Å². The SMILES string of the molecule is CN(C)CCOc1cccc(NCCNC(C)(C)C)c1. The number of anilines is 1. The van der Waals surface area contributed by atoms with Gasteiger partial charge in [-0.2, -0.15) is 0 Å². The second-order valence-corrected chi connectivity index (χ2v) is 6.28. The summed E-state index contributed by atoms with van der Waals surface area (Å²) in [7, 11) is 4.09. The van der Waals surface area contributed by atoms with Gasteiger partial charge < -0.3 is 20.3 Å². The number of benzene rings is 1. The van der Waals surface area contributed by atoms with Gasteiger partial charge in [-0.3, -0.25) is 0 Å². The Morgan fingerprint density at radius 1 is 1.15 bits per heavy atom. The van der Waals surface area contributed by atoms with Crippen LogP contribution in [0.2, 0.25) is 0 Å². The molecule has 1 aromatic carbocycles. The molecule has 0 amide bonds. The maximum absolute atomic E-state index is 5.72. The van der Waals surface area contributed by atoms with E-state index in [1.54, 1.807) is 0 Å². The Hall–Kier alpha value is -1.26. The minimum atomic E-state index is 0.165. The van der Waals surface area contributed by atoms with Gasteiger partial charge in [0, 0.05) is 36.9 Å². The summed E-state index contributed by atoms with van der Waals surface area (Å²) in [5, 5.41) is 6.86. The summed E-state index contributed by atoms with van der Waals surface area (Å²) >= 11 is 0. The lowest BCUT2D eigenvalue weighted by atomic mass is 10.1. The monoisotopic (exact) mass is 279 g/mol. The van der Waals surface area contributed by atoms with Gasteiger partial charge in [0.25, 0.3) is 0 Å². The number of rotatable bonds is 8. The second-order valence-electron chi connectivity index (χ2n) is 6.28. The summed E-state index contributed by atoms with van der Waals surface area (Å²) in [4.78, 5) is 2.11. The highest BCUT2D eigenvalue weighted by Crippen LogP contribution is 2.17. The largest absolute Gasteiger partial charge is 0.492 e. The van der Waals surface area contributed by atoms with E-state index >= 15 is 0 Å². The highest BCUT2D eigenvalue weighted by Gasteiger charge is 2.07. The van der Waals surface area contributed by atoms with Crippen LogP contribution in [0.15, 0.2) is 24.3 Å². The predicted molar refractivity (Wildman–Crippen MR) is 86.7 cm³/mol. The summed E-state index contributed by atoms with van der Waals surface area (Å²) < 4.78 is 5.72. The Kier molecular flexibility index (Phi) is 6.82. The zero-order valence-electron chi connectivity index (χ0n) is 13.5. The smallest absolute Gasteiger partial charge is 0.121 e. The first-order valence-corrected chi connectivity index (χ1v) is 7.23. The van der Waals surface area contributed by atoms with Gasteiger partial charge in [-0.25, -0.2) is 0 Å². The first-order chi connectivity index (χ1) is 9.37. The lowest BCUT2D eigenvalue weighted by Crippen LogP contribution is -2.38. The highest BCUT2D eigenvalue weighted by atomic mass is 16.5. The van der Waals surface area contributed by atoms with Crippen LogP contribution in [0, 0.1) is 0 Å². The van der Waals surface area contributed by atoms with Gasteiger partial charge in [0.05, 0.1) is 0 Å². The van der Waals surface area contributed by atoms with E-state index in [-0.39, 0.29) is 5.54 Å². The van der Waals surface area contributed by atoms with Crippen molar-refractivity contribution in [3.63, 3.8) is 0 Å². The van der Waals surface area contributed by atoms with E-state index in [1.807, 2.05) is 32.3 Å². The number of hydrogen-bond donors (Lipinski definition) is 2. The van der Waals surface area contributed by atoms with E-state index in [4.69, 9.17) is 4.74 Å². The van der Waals surface area contributed by atoms with Crippen molar-refractivity contribution in [2.75, 3.05) is 45.7 Å². The van der Waals surface area contributed by atoms with Crippen molar-refractivity contribution in [2.45, 2.75) is 26.3 Å². The molecule has 0 aromatic heterocycles. The van der Waals surface area contributed by atoms with Crippen LogP contribution in [0.5, 0.6) is 5.75 Å². The summed E-state index contributed by atoms with van der Waals surface area (Å²) in [5.74, 6) is 0.917. The third-order valence-corrected chi connectivity index (χ3v) is 2.75. The first-order valence-electron chi connectivity index (χ1n) is 7.23. The Morgan fingerprint density at radius 2 is 1.90 bits per heavy atom. The van der Waals surface area contributed by atoms with E-state index in [2.05, 4.69) is 42.4 Å². The van der Waals surface area contributed by atoms with Crippen LogP contribution in [0.4, 0.5) is 5.69 Å². The number of nitrogens with zero attached hydrogens (tertiary/aromatic N) is 1. The molecule has 0 unspecified atom stereocenters. The molecule has 2 N–H and O–H groups in total. The minimum Gasteiger partial charge on any atom is -0.492 e. The van der Waals surface area contributed by atoms with Crippen molar-refractivity contribution in [3.05, 3.63) is 24.3 Å².